The molecule has 112 valence electrons. The van der Waals surface area contributed by atoms with Crippen LogP contribution < -0.4 is 0 Å². The molecule has 0 heterocycles. The molecule has 2 rings (SSSR count). The molecule has 0 N–H and O–H groups in total. The van der Waals surface area contributed by atoms with Crippen LogP contribution in [0.25, 0.3) is 0 Å². The zero-order valence-electron chi connectivity index (χ0n) is 10.7. The van der Waals surface area contributed by atoms with E-state index in [1.165, 1.54) is 36.4 Å². The number of nitro groups is 2. The number of carbonyl (C=O) groups excluding carboxylic acids is 1. The summed E-state index contributed by atoms with van der Waals surface area (Å²) < 4.78 is 0.550. The first-order chi connectivity index (χ1) is 10.3. The van der Waals surface area contributed by atoms with E-state index in [2.05, 4.69) is 31.9 Å². The van der Waals surface area contributed by atoms with E-state index in [1.54, 1.807) is 0 Å². The van der Waals surface area contributed by atoms with Crippen molar-refractivity contribution in [2.24, 2.45) is 0 Å². The van der Waals surface area contributed by atoms with Gasteiger partial charge < -0.3 is 0 Å². The van der Waals surface area contributed by atoms with Gasteiger partial charge in [-0.15, -0.1) is 0 Å². The normalized spacial score (nSPS) is 10.3. The van der Waals surface area contributed by atoms with Crippen molar-refractivity contribution in [3.05, 3.63) is 76.7 Å². The maximum Gasteiger partial charge on any atom is 0.270 e. The molecule has 0 unspecified atom stereocenters. The van der Waals surface area contributed by atoms with E-state index >= 15 is 0 Å². The van der Waals surface area contributed by atoms with Gasteiger partial charge in [0, 0.05) is 44.3 Å². The van der Waals surface area contributed by atoms with Crippen LogP contribution in [0.5, 0.6) is 0 Å². The number of benzene rings is 2. The van der Waals surface area contributed by atoms with Crippen LogP contribution in [-0.4, -0.2) is 15.6 Å². The number of carbonyl (C=O) groups is 1. The molecule has 0 fully saturated rings. The number of ketones is 1. The van der Waals surface area contributed by atoms with Crippen molar-refractivity contribution < 1.29 is 14.6 Å². The molecule has 0 bridgehead atoms. The predicted octanol–water partition coefficient (Wildman–Crippen LogP) is 4.26. The Morgan fingerprint density at radius 3 is 1.45 bits per heavy atom. The second-order valence-electron chi connectivity index (χ2n) is 4.17. The van der Waals surface area contributed by atoms with Gasteiger partial charge in [0.05, 0.1) is 9.85 Å². The number of non-ortho nitro benzene ring substituents is 2. The monoisotopic (exact) mass is 428 g/mol. The van der Waals surface area contributed by atoms with Crippen LogP contribution in [0, 0.1) is 20.2 Å². The van der Waals surface area contributed by atoms with E-state index in [4.69, 9.17) is 0 Å². The molecular weight excluding hydrogens is 424 g/mol. The molecule has 0 spiro atoms. The lowest BCUT2D eigenvalue weighted by Gasteiger charge is -2.06. The molecule has 0 aromatic heterocycles. The van der Waals surface area contributed by atoms with E-state index in [9.17, 15) is 25.0 Å². The highest BCUT2D eigenvalue weighted by atomic mass is 79.9. The van der Waals surface area contributed by atoms with Crippen LogP contribution in [0.1, 0.15) is 15.9 Å². The van der Waals surface area contributed by atoms with Crippen LogP contribution >= 0.6 is 31.9 Å². The summed E-state index contributed by atoms with van der Waals surface area (Å²) in [4.78, 5) is 32.7. The van der Waals surface area contributed by atoms with Gasteiger partial charge in [-0.1, -0.05) is 0 Å². The summed E-state index contributed by atoms with van der Waals surface area (Å²) in [5, 5.41) is 21.4. The molecule has 0 aliphatic rings. The van der Waals surface area contributed by atoms with Crippen molar-refractivity contribution in [1.29, 1.82) is 0 Å². The van der Waals surface area contributed by atoms with Gasteiger partial charge in [-0.25, -0.2) is 0 Å². The zero-order chi connectivity index (χ0) is 16.4. The highest BCUT2D eigenvalue weighted by Crippen LogP contribution is 2.29. The van der Waals surface area contributed by atoms with Crippen LogP contribution in [0.4, 0.5) is 11.4 Å². The average molecular weight is 430 g/mol. The second-order valence-corrected chi connectivity index (χ2v) is 5.88. The average Bonchev–Trinajstić information content (AvgIpc) is 2.46. The molecular formula is C13H6Br2N2O5. The van der Waals surface area contributed by atoms with Crippen LogP contribution in [0.15, 0.2) is 45.3 Å². The summed E-state index contributed by atoms with van der Waals surface area (Å²) >= 11 is 6.25. The van der Waals surface area contributed by atoms with Gasteiger partial charge in [0.2, 0.25) is 0 Å². The topological polar surface area (TPSA) is 103 Å². The van der Waals surface area contributed by atoms with Gasteiger partial charge >= 0.3 is 0 Å². The van der Waals surface area contributed by atoms with E-state index < -0.39 is 15.6 Å². The Hall–Kier alpha value is -2.13. The Balaban J connectivity index is 2.44. The van der Waals surface area contributed by atoms with Crippen LogP contribution in [0.2, 0.25) is 0 Å². The summed E-state index contributed by atoms with van der Waals surface area (Å²) in [5.74, 6) is -0.413. The van der Waals surface area contributed by atoms with E-state index in [1.807, 2.05) is 0 Å². The maximum atomic E-state index is 12.5. The largest absolute Gasteiger partial charge is 0.289 e. The van der Waals surface area contributed by atoms with Crippen molar-refractivity contribution >= 4 is 49.0 Å². The van der Waals surface area contributed by atoms with Crippen molar-refractivity contribution in [2.45, 2.75) is 0 Å². The second kappa shape index (κ2) is 6.32. The molecule has 0 radical (unpaired) electrons. The van der Waals surface area contributed by atoms with E-state index in [-0.39, 0.29) is 31.4 Å². The zero-order valence-corrected chi connectivity index (χ0v) is 13.8. The van der Waals surface area contributed by atoms with Crippen molar-refractivity contribution in [3.63, 3.8) is 0 Å². The van der Waals surface area contributed by atoms with Gasteiger partial charge in [0.25, 0.3) is 11.4 Å². The molecule has 7 nitrogen and oxygen atoms in total. The minimum atomic E-state index is -0.569. The number of rotatable bonds is 4. The highest BCUT2D eigenvalue weighted by molar-refractivity contribution is 9.11. The van der Waals surface area contributed by atoms with Crippen molar-refractivity contribution in [2.75, 3.05) is 0 Å². The lowest BCUT2D eigenvalue weighted by Crippen LogP contribution is -2.04. The lowest BCUT2D eigenvalue weighted by molar-refractivity contribution is -0.385. The molecule has 2 aromatic rings. The summed E-state index contributed by atoms with van der Waals surface area (Å²) in [6.45, 7) is 0. The summed E-state index contributed by atoms with van der Waals surface area (Å²) in [5.41, 5.74) is 0.151. The predicted molar refractivity (Wildman–Crippen MR) is 85.0 cm³/mol. The molecule has 2 aromatic carbocycles. The fourth-order valence-electron chi connectivity index (χ4n) is 1.75. The summed E-state index contributed by atoms with van der Waals surface area (Å²) in [6, 6.07) is 7.56. The van der Waals surface area contributed by atoms with Gasteiger partial charge in [-0.2, -0.15) is 0 Å². The molecule has 0 saturated heterocycles. The Morgan fingerprint density at radius 1 is 0.818 bits per heavy atom. The van der Waals surface area contributed by atoms with E-state index in [0.717, 1.165) is 0 Å². The number of nitrogens with zero attached hydrogens (tertiary/aromatic N) is 2. The molecule has 0 saturated carbocycles. The van der Waals surface area contributed by atoms with Crippen LogP contribution in [-0.2, 0) is 0 Å². The highest BCUT2D eigenvalue weighted by Gasteiger charge is 2.19. The molecule has 9 heteroatoms. The summed E-state index contributed by atoms with van der Waals surface area (Å²) in [7, 11) is 0. The molecule has 0 atom stereocenters. The fraction of sp³-hybridized carbons (Fsp3) is 0. The fourth-order valence-corrected chi connectivity index (χ4v) is 2.84. The van der Waals surface area contributed by atoms with Gasteiger partial charge in [-0.3, -0.25) is 25.0 Å². The smallest absolute Gasteiger partial charge is 0.270 e. The van der Waals surface area contributed by atoms with Crippen molar-refractivity contribution in [3.8, 4) is 0 Å². The first-order valence-corrected chi connectivity index (χ1v) is 7.32. The Kier molecular flexibility index (Phi) is 4.67. The summed E-state index contributed by atoms with van der Waals surface area (Å²) in [6.07, 6.45) is 0. The number of halogens is 2. The minimum absolute atomic E-state index is 0.147. The van der Waals surface area contributed by atoms with Gasteiger partial charge in [-0.05, 0) is 44.0 Å². The van der Waals surface area contributed by atoms with Crippen LogP contribution in [0.3, 0.4) is 0 Å². The number of hydrogen-bond acceptors (Lipinski definition) is 5. The number of hydrogen-bond donors (Lipinski definition) is 0. The lowest BCUT2D eigenvalue weighted by atomic mass is 10.0. The standard InChI is InChI=1S/C13H6Br2N2O5/c14-11-5-7(16(19)20)1-3-9(11)13(18)10-4-2-8(17(21)22)6-12(10)15/h1-6H. The third-order valence-corrected chi connectivity index (χ3v) is 4.13. The quantitative estimate of drug-likeness (QED) is 0.410. The Labute approximate surface area is 140 Å². The first kappa shape index (κ1) is 16.2. The van der Waals surface area contributed by atoms with E-state index in [0.29, 0.717) is 0 Å². The number of nitro benzene ring substituents is 2. The molecule has 0 amide bonds. The Morgan fingerprint density at radius 2 is 1.18 bits per heavy atom. The van der Waals surface area contributed by atoms with Gasteiger partial charge in [0.15, 0.2) is 5.78 Å². The van der Waals surface area contributed by atoms with Gasteiger partial charge in [0.1, 0.15) is 0 Å². The third kappa shape index (κ3) is 3.20. The molecule has 22 heavy (non-hydrogen) atoms. The molecule has 0 aliphatic carbocycles. The SMILES string of the molecule is O=C(c1ccc([N+](=O)[O-])cc1Br)c1ccc([N+](=O)[O-])cc1Br. The molecule has 0 aliphatic heterocycles. The first-order valence-electron chi connectivity index (χ1n) is 5.74. The van der Waals surface area contributed by atoms with Crippen molar-refractivity contribution in [1.82, 2.24) is 0 Å². The Bertz CT molecular complexity index is 742. The third-order valence-electron chi connectivity index (χ3n) is 2.82. The minimum Gasteiger partial charge on any atom is -0.289 e. The maximum absolute atomic E-state index is 12.5.